The molecule has 1 aromatic carbocycles. The third-order valence-corrected chi connectivity index (χ3v) is 6.57. The maximum atomic E-state index is 12.5. The predicted molar refractivity (Wildman–Crippen MR) is 114 cm³/mol. The van der Waals surface area contributed by atoms with Crippen LogP contribution in [0.2, 0.25) is 0 Å². The number of para-hydroxylation sites is 1. The van der Waals surface area contributed by atoms with Crippen molar-refractivity contribution >= 4 is 32.7 Å². The van der Waals surface area contributed by atoms with E-state index < -0.39 is 0 Å². The number of carbonyl (C=O) groups is 1. The lowest BCUT2D eigenvalue weighted by Gasteiger charge is -2.20. The summed E-state index contributed by atoms with van der Waals surface area (Å²) in [7, 11) is 1.93. The van der Waals surface area contributed by atoms with Crippen molar-refractivity contribution in [3.8, 4) is 5.69 Å². The lowest BCUT2D eigenvalue weighted by atomic mass is 10.1. The van der Waals surface area contributed by atoms with Crippen LogP contribution in [0.1, 0.15) is 44.2 Å². The number of nitrogens with one attached hydrogen (secondary N) is 1. The summed E-state index contributed by atoms with van der Waals surface area (Å²) in [6.07, 6.45) is 7.21. The molecule has 7 heteroatoms. The van der Waals surface area contributed by atoms with Gasteiger partial charge in [-0.15, -0.1) is 0 Å². The number of likely N-dealkylation sites (N-methyl/N-ethyl adjacent to an activating group) is 1. The average Bonchev–Trinajstić information content (AvgIpc) is 3.15. The fourth-order valence-corrected chi connectivity index (χ4v) is 4.76. The highest BCUT2D eigenvalue weighted by Crippen LogP contribution is 2.31. The molecule has 0 spiro atoms. The van der Waals surface area contributed by atoms with E-state index in [0.717, 1.165) is 39.7 Å². The second-order valence-corrected chi connectivity index (χ2v) is 8.57. The van der Waals surface area contributed by atoms with Crippen LogP contribution in [0.15, 0.2) is 30.3 Å². The fraction of sp³-hybridized carbons (Fsp3) is 0.476. The first kappa shape index (κ1) is 18.9. The molecule has 2 aromatic heterocycles. The van der Waals surface area contributed by atoms with Crippen molar-refractivity contribution in [3.05, 3.63) is 36.0 Å². The summed E-state index contributed by atoms with van der Waals surface area (Å²) in [5.74, 6) is 0.0788. The molecule has 1 saturated carbocycles. The van der Waals surface area contributed by atoms with Crippen LogP contribution in [-0.4, -0.2) is 40.3 Å². The number of carbonyl (C=O) groups excluding carboxylic acids is 1. The third kappa shape index (κ3) is 4.04. The molecule has 28 heavy (non-hydrogen) atoms. The molecule has 1 aliphatic carbocycles. The number of aryl methyl sites for hydroxylation is 1. The summed E-state index contributed by atoms with van der Waals surface area (Å²) >= 11 is 1.59. The van der Waals surface area contributed by atoms with Crippen molar-refractivity contribution in [2.75, 3.05) is 18.5 Å². The van der Waals surface area contributed by atoms with Gasteiger partial charge >= 0.3 is 0 Å². The molecule has 6 nitrogen and oxygen atoms in total. The molecule has 0 atom stereocenters. The third-order valence-electron chi connectivity index (χ3n) is 5.31. The lowest BCUT2D eigenvalue weighted by molar-refractivity contribution is -0.120. The van der Waals surface area contributed by atoms with E-state index in [1.807, 2.05) is 53.9 Å². The van der Waals surface area contributed by atoms with Crippen molar-refractivity contribution in [1.29, 1.82) is 0 Å². The van der Waals surface area contributed by atoms with Gasteiger partial charge in [0, 0.05) is 13.1 Å². The zero-order valence-corrected chi connectivity index (χ0v) is 17.3. The van der Waals surface area contributed by atoms with Crippen LogP contribution in [0.4, 0.5) is 5.13 Å². The zero-order valence-electron chi connectivity index (χ0n) is 16.5. The predicted octanol–water partition coefficient (Wildman–Crippen LogP) is 4.07. The van der Waals surface area contributed by atoms with Crippen molar-refractivity contribution in [1.82, 2.24) is 20.1 Å². The van der Waals surface area contributed by atoms with Gasteiger partial charge in [-0.2, -0.15) is 10.1 Å². The van der Waals surface area contributed by atoms with Gasteiger partial charge in [0.05, 0.1) is 22.6 Å². The first-order valence-corrected chi connectivity index (χ1v) is 10.9. The molecule has 1 fully saturated rings. The fourth-order valence-electron chi connectivity index (χ4n) is 3.82. The van der Waals surface area contributed by atoms with E-state index in [4.69, 9.17) is 4.98 Å². The van der Waals surface area contributed by atoms with Gasteiger partial charge < -0.3 is 10.2 Å². The number of fused-ring (bicyclic) bond motifs is 1. The molecule has 4 rings (SSSR count). The summed E-state index contributed by atoms with van der Waals surface area (Å²) in [6.45, 7) is 2.33. The summed E-state index contributed by atoms with van der Waals surface area (Å²) in [5.41, 5.74) is 2.80. The number of hydrogen-bond acceptors (Lipinski definition) is 5. The van der Waals surface area contributed by atoms with E-state index in [9.17, 15) is 4.79 Å². The summed E-state index contributed by atoms with van der Waals surface area (Å²) in [6, 6.07) is 10.4. The molecule has 3 aromatic rings. The number of benzene rings is 1. The SMILES string of the molecule is Cc1nn(-c2ccccc2)c2nc(N(C)CC(=O)NC3CCCCCC3)sc12. The Balaban J connectivity index is 1.48. The highest BCUT2D eigenvalue weighted by Gasteiger charge is 2.20. The van der Waals surface area contributed by atoms with Crippen molar-refractivity contribution in [2.45, 2.75) is 51.5 Å². The normalized spacial score (nSPS) is 15.5. The van der Waals surface area contributed by atoms with E-state index in [1.165, 1.54) is 25.7 Å². The van der Waals surface area contributed by atoms with Gasteiger partial charge in [0.25, 0.3) is 0 Å². The number of nitrogens with zero attached hydrogens (tertiary/aromatic N) is 4. The molecule has 0 aliphatic heterocycles. The van der Waals surface area contributed by atoms with E-state index in [1.54, 1.807) is 11.3 Å². The van der Waals surface area contributed by atoms with Crippen LogP contribution in [0.25, 0.3) is 16.0 Å². The van der Waals surface area contributed by atoms with Crippen molar-refractivity contribution < 1.29 is 4.79 Å². The molecule has 1 aliphatic rings. The molecule has 0 radical (unpaired) electrons. The molecular weight excluding hydrogens is 370 g/mol. The Hall–Kier alpha value is -2.41. The summed E-state index contributed by atoms with van der Waals surface area (Å²) in [4.78, 5) is 19.2. The van der Waals surface area contributed by atoms with Gasteiger partial charge in [-0.3, -0.25) is 4.79 Å². The minimum atomic E-state index is 0.0788. The van der Waals surface area contributed by atoms with Crippen LogP contribution in [-0.2, 0) is 4.79 Å². The molecule has 148 valence electrons. The van der Waals surface area contributed by atoms with Crippen molar-refractivity contribution in [2.24, 2.45) is 0 Å². The van der Waals surface area contributed by atoms with Crippen LogP contribution in [0.3, 0.4) is 0 Å². The van der Waals surface area contributed by atoms with E-state index >= 15 is 0 Å². The Morgan fingerprint density at radius 2 is 1.93 bits per heavy atom. The van der Waals surface area contributed by atoms with Gasteiger partial charge in [-0.25, -0.2) is 4.68 Å². The van der Waals surface area contributed by atoms with Gasteiger partial charge in [-0.05, 0) is 31.9 Å². The van der Waals surface area contributed by atoms with Crippen LogP contribution in [0, 0.1) is 6.92 Å². The largest absolute Gasteiger partial charge is 0.352 e. The molecule has 0 bridgehead atoms. The average molecular weight is 398 g/mol. The molecule has 0 saturated heterocycles. The van der Waals surface area contributed by atoms with Gasteiger partial charge in [0.15, 0.2) is 10.8 Å². The number of hydrogen-bond donors (Lipinski definition) is 1. The second-order valence-electron chi connectivity index (χ2n) is 7.59. The zero-order chi connectivity index (χ0) is 19.5. The molecule has 0 unspecified atom stereocenters. The number of anilines is 1. The highest BCUT2D eigenvalue weighted by molar-refractivity contribution is 7.22. The lowest BCUT2D eigenvalue weighted by Crippen LogP contribution is -2.40. The maximum absolute atomic E-state index is 12.5. The number of rotatable bonds is 5. The number of amides is 1. The molecule has 1 amide bonds. The second kappa shape index (κ2) is 8.31. The Bertz CT molecular complexity index is 941. The quantitative estimate of drug-likeness (QED) is 0.660. The smallest absolute Gasteiger partial charge is 0.239 e. The first-order chi connectivity index (χ1) is 13.6. The first-order valence-electron chi connectivity index (χ1n) is 10.0. The minimum Gasteiger partial charge on any atom is -0.352 e. The molecule has 1 N–H and O–H groups in total. The van der Waals surface area contributed by atoms with Gasteiger partial charge in [-0.1, -0.05) is 55.2 Å². The number of aromatic nitrogens is 3. The van der Waals surface area contributed by atoms with Crippen molar-refractivity contribution in [3.63, 3.8) is 0 Å². The highest BCUT2D eigenvalue weighted by atomic mass is 32.1. The number of thiazole rings is 1. The van der Waals surface area contributed by atoms with Crippen LogP contribution >= 0.6 is 11.3 Å². The molecular formula is C21H27N5OS. The Kier molecular flexibility index (Phi) is 5.62. The van der Waals surface area contributed by atoms with E-state index in [2.05, 4.69) is 10.4 Å². The Morgan fingerprint density at radius 3 is 2.64 bits per heavy atom. The monoisotopic (exact) mass is 397 g/mol. The minimum absolute atomic E-state index is 0.0788. The summed E-state index contributed by atoms with van der Waals surface area (Å²) in [5, 5.41) is 8.69. The van der Waals surface area contributed by atoms with Crippen LogP contribution < -0.4 is 10.2 Å². The van der Waals surface area contributed by atoms with E-state index in [0.29, 0.717) is 12.6 Å². The summed E-state index contributed by atoms with van der Waals surface area (Å²) < 4.78 is 2.94. The Labute approximate surface area is 169 Å². The Morgan fingerprint density at radius 1 is 1.21 bits per heavy atom. The topological polar surface area (TPSA) is 63.1 Å². The van der Waals surface area contributed by atoms with Crippen LogP contribution in [0.5, 0.6) is 0 Å². The maximum Gasteiger partial charge on any atom is 0.239 e. The molecule has 2 heterocycles. The van der Waals surface area contributed by atoms with Gasteiger partial charge in [0.2, 0.25) is 5.91 Å². The van der Waals surface area contributed by atoms with E-state index in [-0.39, 0.29) is 5.91 Å². The standard InChI is InChI=1S/C21H27N5OS/c1-15-19-20(26(24-15)17-12-8-5-9-13-17)23-21(28-19)25(2)14-18(27)22-16-10-6-3-4-7-11-16/h5,8-9,12-13,16H,3-4,6-7,10-11,14H2,1-2H3,(H,22,27). The van der Waals surface area contributed by atoms with Gasteiger partial charge in [0.1, 0.15) is 0 Å².